The molecule has 0 heterocycles. The Hall–Kier alpha value is 4.65. The van der Waals surface area contributed by atoms with Crippen LogP contribution in [0, 0.1) is 0 Å². The van der Waals surface area contributed by atoms with Crippen LogP contribution in [0.1, 0.15) is 0 Å². The van der Waals surface area contributed by atoms with Gasteiger partial charge in [0.15, 0.2) is 0 Å². The molecular weight excluding hydrogens is 228 g/mol. The molecule has 0 aromatic carbocycles. The molecule has 0 nitrogen and oxygen atoms in total. The zero-order valence-electron chi connectivity index (χ0n) is 4.22. The van der Waals surface area contributed by atoms with Crippen LogP contribution in [0.15, 0.2) is 0 Å². The van der Waals surface area contributed by atoms with Gasteiger partial charge in [-0.25, -0.2) is 0 Å². The van der Waals surface area contributed by atoms with E-state index < -0.39 is 0 Å². The summed E-state index contributed by atoms with van der Waals surface area (Å²) in [4.78, 5) is 0. The van der Waals surface area contributed by atoms with Gasteiger partial charge < -0.3 is 49.6 Å². The molecule has 0 atom stereocenters. The maximum atomic E-state index is 0. The molecule has 7 heavy (non-hydrogen) atoms. The average Bonchev–Trinajstić information content (AvgIpc) is 0. The summed E-state index contributed by atoms with van der Waals surface area (Å²) in [6.07, 6.45) is 0. The van der Waals surface area contributed by atoms with Crippen molar-refractivity contribution in [2.24, 2.45) is 0 Å². The second-order valence-electron chi connectivity index (χ2n) is 0. The Morgan fingerprint density at radius 2 is 0.571 bits per heavy atom. The van der Waals surface area contributed by atoms with Crippen molar-refractivity contribution >= 4 is 37.7 Å². The predicted molar refractivity (Wildman–Crippen MR) is 5.75 cm³/mol. The van der Waals surface area contributed by atoms with Crippen LogP contribution in [-0.2, 0) is 0 Å². The van der Waals surface area contributed by atoms with Crippen molar-refractivity contribution in [1.29, 1.82) is 0 Å². The fraction of sp³-hybridized carbons (Fsp3) is 0. The minimum Gasteiger partial charge on any atom is -1.00 e. The summed E-state index contributed by atoms with van der Waals surface area (Å²) in [7, 11) is 0. The quantitative estimate of drug-likeness (QED) is 0.361. The smallest absolute Gasteiger partial charge is 1.00 e. The van der Waals surface area contributed by atoms with E-state index >= 15 is 0 Å². The molecule has 0 radical (unpaired) electrons. The van der Waals surface area contributed by atoms with E-state index in [2.05, 4.69) is 0 Å². The van der Waals surface area contributed by atoms with Crippen LogP contribution in [0.3, 0.4) is 0 Å². The van der Waals surface area contributed by atoms with Gasteiger partial charge in [0.25, 0.3) is 0 Å². The molecule has 0 aliphatic rings. The van der Waals surface area contributed by atoms with Gasteiger partial charge >= 0.3 is 108 Å². The third-order valence-electron chi connectivity index (χ3n) is 0. The van der Waals surface area contributed by atoms with E-state index in [-0.39, 0.29) is 158 Å². The van der Waals surface area contributed by atoms with Crippen LogP contribution in [0.2, 0.25) is 0 Å². The summed E-state index contributed by atoms with van der Waals surface area (Å²) in [6.45, 7) is 0. The van der Waals surface area contributed by atoms with Crippen LogP contribution in [0.5, 0.6) is 0 Å². The van der Waals surface area contributed by atoms with Crippen molar-refractivity contribution < 1.29 is 120 Å². The van der Waals surface area contributed by atoms with Gasteiger partial charge in [0.05, 0.1) is 0 Å². The van der Waals surface area contributed by atoms with E-state index in [0.717, 1.165) is 0 Å². The van der Waals surface area contributed by atoms with E-state index in [9.17, 15) is 0 Å². The standard InChI is InChI=1S/Ca.4ClH.K.Li/h;4*1H;;/q+2;;;;;2*+1/p-4. The molecule has 0 aliphatic heterocycles. The molecule has 0 saturated carbocycles. The van der Waals surface area contributed by atoms with Crippen LogP contribution in [0.25, 0.3) is 0 Å². The van der Waals surface area contributed by atoms with Crippen LogP contribution >= 0.6 is 0 Å². The number of rotatable bonds is 0. The van der Waals surface area contributed by atoms with Crippen molar-refractivity contribution in [2.45, 2.75) is 0 Å². The van der Waals surface area contributed by atoms with Crippen molar-refractivity contribution in [3.8, 4) is 0 Å². The van der Waals surface area contributed by atoms with E-state index in [1.807, 2.05) is 0 Å². The van der Waals surface area contributed by atoms with Gasteiger partial charge in [0.2, 0.25) is 0 Å². The first kappa shape index (κ1) is 61.1. The summed E-state index contributed by atoms with van der Waals surface area (Å²) in [5.41, 5.74) is 0. The first-order chi connectivity index (χ1) is 0. The third-order valence-corrected chi connectivity index (χ3v) is 0. The predicted octanol–water partition coefficient (Wildman–Crippen LogP) is -18.4. The number of hydrogen-bond donors (Lipinski definition) is 0. The summed E-state index contributed by atoms with van der Waals surface area (Å²) in [5, 5.41) is 0. The first-order valence-electron chi connectivity index (χ1n) is 0. The van der Waals surface area contributed by atoms with Crippen molar-refractivity contribution in [3.63, 3.8) is 0 Å². The van der Waals surface area contributed by atoms with Gasteiger partial charge in [-0.05, 0) is 0 Å². The fourth-order valence-corrected chi connectivity index (χ4v) is 0. The minimum absolute atomic E-state index is 0. The molecule has 7 heteroatoms. The molecular formula is CaCl4KLi. The molecule has 0 fully saturated rings. The zero-order chi connectivity index (χ0) is 0. The maximum Gasteiger partial charge on any atom is 2.00 e. The second-order valence-corrected chi connectivity index (χ2v) is 0. The fourth-order valence-electron chi connectivity index (χ4n) is 0. The summed E-state index contributed by atoms with van der Waals surface area (Å²) >= 11 is 0. The van der Waals surface area contributed by atoms with E-state index in [0.29, 0.717) is 0 Å². The van der Waals surface area contributed by atoms with E-state index in [1.54, 1.807) is 0 Å². The molecule has 0 N–H and O–H groups in total. The molecule has 0 saturated heterocycles. The largest absolute Gasteiger partial charge is 2.00 e. The molecule has 0 unspecified atom stereocenters. The topological polar surface area (TPSA) is 0 Å². The van der Waals surface area contributed by atoms with Gasteiger partial charge in [-0.1, -0.05) is 0 Å². The average molecular weight is 228 g/mol. The summed E-state index contributed by atoms with van der Waals surface area (Å²) < 4.78 is 0. The number of halogens is 4. The first-order valence-corrected chi connectivity index (χ1v) is 0. The normalized spacial score (nSPS) is 0. The Morgan fingerprint density at radius 1 is 0.571 bits per heavy atom. The van der Waals surface area contributed by atoms with Crippen molar-refractivity contribution in [2.75, 3.05) is 0 Å². The Labute approximate surface area is 153 Å². The van der Waals surface area contributed by atoms with Crippen molar-refractivity contribution in [1.82, 2.24) is 0 Å². The van der Waals surface area contributed by atoms with Crippen molar-refractivity contribution in [3.05, 3.63) is 0 Å². The molecule has 0 amide bonds. The number of hydrogen-bond acceptors (Lipinski definition) is 0. The maximum absolute atomic E-state index is 0. The van der Waals surface area contributed by atoms with Crippen LogP contribution in [0.4, 0.5) is 0 Å². The van der Waals surface area contributed by atoms with Gasteiger partial charge in [0, 0.05) is 0 Å². The Kier molecular flexibility index (Phi) is 400. The Balaban J connectivity index is 0. The monoisotopic (exact) mass is 226 g/mol. The SMILES string of the molecule is [Ca+2].[Cl-].[Cl-].[Cl-].[Cl-].[K+].[Li+]. The Morgan fingerprint density at radius 3 is 0.571 bits per heavy atom. The molecule has 0 spiro atoms. The third kappa shape index (κ3) is 36.8. The van der Waals surface area contributed by atoms with E-state index in [1.165, 1.54) is 0 Å². The summed E-state index contributed by atoms with van der Waals surface area (Å²) in [6, 6.07) is 0. The molecule has 0 bridgehead atoms. The Bertz CT molecular complexity index is 11.7. The second kappa shape index (κ2) is 45.8. The van der Waals surface area contributed by atoms with Gasteiger partial charge in [-0.15, -0.1) is 0 Å². The summed E-state index contributed by atoms with van der Waals surface area (Å²) in [5.74, 6) is 0. The van der Waals surface area contributed by atoms with E-state index in [4.69, 9.17) is 0 Å². The zero-order valence-corrected chi connectivity index (χ0v) is 12.6. The van der Waals surface area contributed by atoms with Gasteiger partial charge in [0.1, 0.15) is 0 Å². The molecule has 0 aromatic rings. The van der Waals surface area contributed by atoms with Gasteiger partial charge in [-0.2, -0.15) is 0 Å². The molecule has 0 aromatic heterocycles. The molecule has 32 valence electrons. The molecule has 0 aliphatic carbocycles. The van der Waals surface area contributed by atoms with Gasteiger partial charge in [-0.3, -0.25) is 0 Å². The molecule has 0 rings (SSSR count). The van der Waals surface area contributed by atoms with Crippen LogP contribution < -0.4 is 120 Å². The minimum atomic E-state index is 0. The van der Waals surface area contributed by atoms with Crippen LogP contribution in [-0.4, -0.2) is 37.7 Å².